The van der Waals surface area contributed by atoms with Crippen LogP contribution in [0, 0.1) is 12.7 Å². The molecule has 1 aliphatic rings. The van der Waals surface area contributed by atoms with Gasteiger partial charge in [-0.3, -0.25) is 14.5 Å². The summed E-state index contributed by atoms with van der Waals surface area (Å²) in [4.78, 5) is 36.3. The number of nitrogens with zero attached hydrogens (tertiary/aromatic N) is 2. The largest absolute Gasteiger partial charge is 0.337 e. The number of aryl methyl sites for hydroxylation is 1. The predicted octanol–water partition coefficient (Wildman–Crippen LogP) is 1.45. The van der Waals surface area contributed by atoms with Crippen LogP contribution in [0.15, 0.2) is 18.2 Å². The third-order valence-corrected chi connectivity index (χ3v) is 2.75. The van der Waals surface area contributed by atoms with Crippen LogP contribution in [-0.4, -0.2) is 29.8 Å². The van der Waals surface area contributed by atoms with Gasteiger partial charge in [0.05, 0.1) is 5.69 Å². The van der Waals surface area contributed by atoms with Gasteiger partial charge in [-0.1, -0.05) is 6.07 Å². The molecule has 0 spiro atoms. The lowest BCUT2D eigenvalue weighted by Crippen LogP contribution is -2.53. The van der Waals surface area contributed by atoms with E-state index in [-0.39, 0.29) is 5.69 Å². The second-order valence-corrected chi connectivity index (χ2v) is 4.10. The summed E-state index contributed by atoms with van der Waals surface area (Å²) < 4.78 is 13.8. The molecule has 2 rings (SSSR count). The van der Waals surface area contributed by atoms with Gasteiger partial charge in [0, 0.05) is 7.05 Å². The molecule has 5 nitrogen and oxygen atoms in total. The van der Waals surface area contributed by atoms with E-state index in [1.165, 1.54) is 19.2 Å². The van der Waals surface area contributed by atoms with Crippen molar-refractivity contribution in [1.82, 2.24) is 4.90 Å². The van der Waals surface area contributed by atoms with Gasteiger partial charge in [0.25, 0.3) is 0 Å². The SMILES string of the molecule is Cc1ccc(N2C(=O)CC(=O)N(C)C2=O)c(F)c1. The molecule has 1 aromatic carbocycles. The molecule has 1 aliphatic heterocycles. The van der Waals surface area contributed by atoms with Gasteiger partial charge < -0.3 is 0 Å². The Kier molecular flexibility index (Phi) is 2.86. The zero-order chi connectivity index (χ0) is 13.4. The van der Waals surface area contributed by atoms with E-state index in [1.54, 1.807) is 13.0 Å². The summed E-state index contributed by atoms with van der Waals surface area (Å²) >= 11 is 0. The van der Waals surface area contributed by atoms with Crippen LogP contribution in [0.3, 0.4) is 0 Å². The number of hydrogen-bond acceptors (Lipinski definition) is 3. The number of imide groups is 2. The minimum absolute atomic E-state index is 0.130. The lowest BCUT2D eigenvalue weighted by molar-refractivity contribution is -0.134. The molecule has 0 aromatic heterocycles. The van der Waals surface area contributed by atoms with Crippen molar-refractivity contribution in [3.05, 3.63) is 29.6 Å². The highest BCUT2D eigenvalue weighted by molar-refractivity contribution is 6.26. The normalized spacial score (nSPS) is 16.5. The zero-order valence-electron chi connectivity index (χ0n) is 9.94. The maximum absolute atomic E-state index is 13.8. The van der Waals surface area contributed by atoms with E-state index in [2.05, 4.69) is 0 Å². The van der Waals surface area contributed by atoms with Crippen LogP contribution in [0.25, 0.3) is 0 Å². The van der Waals surface area contributed by atoms with Crippen molar-refractivity contribution in [2.45, 2.75) is 13.3 Å². The van der Waals surface area contributed by atoms with Crippen LogP contribution in [0.4, 0.5) is 14.9 Å². The Labute approximate surface area is 103 Å². The van der Waals surface area contributed by atoms with Gasteiger partial charge in [-0.2, -0.15) is 0 Å². The fourth-order valence-corrected chi connectivity index (χ4v) is 1.72. The lowest BCUT2D eigenvalue weighted by Gasteiger charge is -2.30. The van der Waals surface area contributed by atoms with Crippen LogP contribution in [-0.2, 0) is 9.59 Å². The molecule has 4 amide bonds. The van der Waals surface area contributed by atoms with E-state index in [9.17, 15) is 18.8 Å². The van der Waals surface area contributed by atoms with Crippen LogP contribution in [0.1, 0.15) is 12.0 Å². The number of rotatable bonds is 1. The second-order valence-electron chi connectivity index (χ2n) is 4.10. The molecule has 0 aliphatic carbocycles. The highest BCUT2D eigenvalue weighted by Crippen LogP contribution is 2.24. The van der Waals surface area contributed by atoms with E-state index < -0.39 is 30.1 Å². The first-order valence-corrected chi connectivity index (χ1v) is 5.31. The quantitative estimate of drug-likeness (QED) is 0.709. The molecular weight excluding hydrogens is 239 g/mol. The van der Waals surface area contributed by atoms with Gasteiger partial charge in [0.2, 0.25) is 11.8 Å². The van der Waals surface area contributed by atoms with Crippen molar-refractivity contribution in [3.63, 3.8) is 0 Å². The molecule has 18 heavy (non-hydrogen) atoms. The molecule has 1 saturated heterocycles. The Morgan fingerprint density at radius 3 is 2.44 bits per heavy atom. The number of anilines is 1. The lowest BCUT2D eigenvalue weighted by atomic mass is 10.1. The maximum atomic E-state index is 13.8. The Balaban J connectivity index is 2.46. The average molecular weight is 250 g/mol. The summed E-state index contributed by atoms with van der Waals surface area (Å²) in [6.07, 6.45) is -0.435. The first-order chi connectivity index (χ1) is 8.41. The summed E-state index contributed by atoms with van der Waals surface area (Å²) in [7, 11) is 1.26. The molecule has 0 bridgehead atoms. The first kappa shape index (κ1) is 12.2. The van der Waals surface area contributed by atoms with Gasteiger partial charge >= 0.3 is 6.03 Å². The average Bonchev–Trinajstić information content (AvgIpc) is 2.29. The van der Waals surface area contributed by atoms with Crippen molar-refractivity contribution >= 4 is 23.5 Å². The van der Waals surface area contributed by atoms with E-state index >= 15 is 0 Å². The van der Waals surface area contributed by atoms with Crippen LogP contribution >= 0.6 is 0 Å². The molecule has 1 aromatic rings. The number of benzene rings is 1. The molecule has 0 radical (unpaired) electrons. The number of barbiturate groups is 1. The van der Waals surface area contributed by atoms with Gasteiger partial charge in [0.1, 0.15) is 12.2 Å². The number of urea groups is 1. The molecule has 94 valence electrons. The van der Waals surface area contributed by atoms with E-state index in [0.29, 0.717) is 10.5 Å². The van der Waals surface area contributed by atoms with Crippen LogP contribution in [0.2, 0.25) is 0 Å². The monoisotopic (exact) mass is 250 g/mol. The highest BCUT2D eigenvalue weighted by atomic mass is 19.1. The van der Waals surface area contributed by atoms with Crippen molar-refractivity contribution in [2.24, 2.45) is 0 Å². The van der Waals surface area contributed by atoms with Crippen LogP contribution < -0.4 is 4.90 Å². The summed E-state index contributed by atoms with van der Waals surface area (Å²) in [5, 5.41) is 0. The van der Waals surface area contributed by atoms with Gasteiger partial charge in [-0.05, 0) is 24.6 Å². The smallest absolute Gasteiger partial charge is 0.274 e. The van der Waals surface area contributed by atoms with Crippen molar-refractivity contribution in [3.8, 4) is 0 Å². The summed E-state index contributed by atoms with van der Waals surface area (Å²) in [5.41, 5.74) is 0.549. The standard InChI is InChI=1S/C12H11FN2O3/c1-7-3-4-9(8(13)5-7)15-11(17)6-10(16)14(2)12(15)18/h3-5H,6H2,1-2H3. The topological polar surface area (TPSA) is 57.7 Å². The number of amides is 4. The van der Waals surface area contributed by atoms with E-state index in [1.807, 2.05) is 0 Å². The molecular formula is C12H11FN2O3. The minimum atomic E-state index is -0.834. The van der Waals surface area contributed by atoms with Gasteiger partial charge in [-0.25, -0.2) is 14.1 Å². The highest BCUT2D eigenvalue weighted by Gasteiger charge is 2.37. The second kappa shape index (κ2) is 4.21. The molecule has 0 atom stereocenters. The van der Waals surface area contributed by atoms with E-state index in [0.717, 1.165) is 4.90 Å². The molecule has 0 N–H and O–H groups in total. The maximum Gasteiger partial charge on any atom is 0.337 e. The van der Waals surface area contributed by atoms with Crippen LogP contribution in [0.5, 0.6) is 0 Å². The number of carbonyl (C=O) groups is 3. The number of carbonyl (C=O) groups excluding carboxylic acids is 3. The number of hydrogen-bond donors (Lipinski definition) is 0. The third kappa shape index (κ3) is 1.85. The Morgan fingerprint density at radius 1 is 1.17 bits per heavy atom. The summed E-state index contributed by atoms with van der Waals surface area (Å²) in [5.74, 6) is -1.97. The van der Waals surface area contributed by atoms with Crippen molar-refractivity contribution in [2.75, 3.05) is 11.9 Å². The Hall–Kier alpha value is -2.24. The molecule has 1 fully saturated rings. The third-order valence-electron chi connectivity index (χ3n) is 2.75. The minimum Gasteiger partial charge on any atom is -0.274 e. The Morgan fingerprint density at radius 2 is 1.83 bits per heavy atom. The number of halogens is 1. The van der Waals surface area contributed by atoms with E-state index in [4.69, 9.17) is 0 Å². The predicted molar refractivity (Wildman–Crippen MR) is 61.4 cm³/mol. The zero-order valence-corrected chi connectivity index (χ0v) is 9.94. The molecule has 6 heteroatoms. The molecule has 0 unspecified atom stereocenters. The van der Waals surface area contributed by atoms with Gasteiger partial charge in [0.15, 0.2) is 0 Å². The molecule has 1 heterocycles. The first-order valence-electron chi connectivity index (χ1n) is 5.31. The molecule has 0 saturated carbocycles. The fraction of sp³-hybridized carbons (Fsp3) is 0.250. The van der Waals surface area contributed by atoms with Crippen molar-refractivity contribution in [1.29, 1.82) is 0 Å². The fourth-order valence-electron chi connectivity index (χ4n) is 1.72. The summed E-state index contributed by atoms with van der Waals surface area (Å²) in [6.45, 7) is 1.70. The van der Waals surface area contributed by atoms with Crippen molar-refractivity contribution < 1.29 is 18.8 Å². The Bertz CT molecular complexity index is 556. The van der Waals surface area contributed by atoms with Gasteiger partial charge in [-0.15, -0.1) is 0 Å². The summed E-state index contributed by atoms with van der Waals surface area (Å²) in [6, 6.07) is 3.34.